The predicted molar refractivity (Wildman–Crippen MR) is 110 cm³/mol. The molecule has 3 rings (SSSR count). The minimum absolute atomic E-state index is 0.0634. The molecule has 9 nitrogen and oxygen atoms in total. The number of nitrogens with zero attached hydrogens (tertiary/aromatic N) is 3. The average molecular weight is 424 g/mol. The third-order valence-corrected chi connectivity index (χ3v) is 4.03. The van der Waals surface area contributed by atoms with E-state index in [1.165, 1.54) is 59.3 Å². The molecule has 0 unspecified atom stereocenters. The van der Waals surface area contributed by atoms with Crippen LogP contribution < -0.4 is 5.32 Å². The van der Waals surface area contributed by atoms with Gasteiger partial charge in [-0.25, -0.2) is 13.9 Å². The van der Waals surface area contributed by atoms with Crippen molar-refractivity contribution in [2.24, 2.45) is 0 Å². The number of hydrogen-bond acceptors (Lipinski definition) is 6. The van der Waals surface area contributed by atoms with Gasteiger partial charge in [-0.1, -0.05) is 0 Å². The van der Waals surface area contributed by atoms with E-state index in [0.29, 0.717) is 22.8 Å². The van der Waals surface area contributed by atoms with Gasteiger partial charge in [0.15, 0.2) is 6.61 Å². The quantitative estimate of drug-likeness (QED) is 0.269. The molecule has 0 aliphatic heterocycles. The third kappa shape index (κ3) is 5.82. The van der Waals surface area contributed by atoms with Gasteiger partial charge in [-0.05, 0) is 55.0 Å². The van der Waals surface area contributed by atoms with Gasteiger partial charge in [-0.15, -0.1) is 0 Å². The van der Waals surface area contributed by atoms with Crippen LogP contribution in [0.25, 0.3) is 11.8 Å². The molecule has 0 aliphatic rings. The highest BCUT2D eigenvalue weighted by molar-refractivity contribution is 5.94. The molecule has 1 aromatic heterocycles. The molecule has 158 valence electrons. The topological polar surface area (TPSA) is 116 Å². The zero-order chi connectivity index (χ0) is 22.4. The molecule has 1 N–H and O–H groups in total. The largest absolute Gasteiger partial charge is 0.452 e. The summed E-state index contributed by atoms with van der Waals surface area (Å²) in [4.78, 5) is 34.1. The number of ether oxygens (including phenoxy) is 1. The number of non-ortho nitro benzene ring substituents is 1. The van der Waals surface area contributed by atoms with E-state index in [1.54, 1.807) is 13.0 Å². The first-order chi connectivity index (χ1) is 14.8. The minimum atomic E-state index is -0.753. The number of nitrogens with one attached hydrogen (secondary N) is 1. The number of hydrogen-bond donors (Lipinski definition) is 1. The van der Waals surface area contributed by atoms with Crippen molar-refractivity contribution in [3.8, 4) is 5.69 Å². The second kappa shape index (κ2) is 9.44. The van der Waals surface area contributed by atoms with E-state index in [9.17, 15) is 24.1 Å². The Morgan fingerprint density at radius 3 is 2.52 bits per heavy atom. The minimum Gasteiger partial charge on any atom is -0.452 e. The number of carbonyl (C=O) groups excluding carboxylic acids is 2. The Labute approximate surface area is 175 Å². The summed E-state index contributed by atoms with van der Waals surface area (Å²) >= 11 is 0. The SMILES string of the molecule is Cc1cc(NC(=O)COC(=O)/C=C/c2ccc([N+](=O)[O-])cc2)n(-c2ccc(F)cc2)n1. The van der Waals surface area contributed by atoms with Crippen LogP contribution in [0.2, 0.25) is 0 Å². The molecule has 2 aromatic carbocycles. The van der Waals surface area contributed by atoms with Crippen molar-refractivity contribution in [3.05, 3.63) is 87.9 Å². The smallest absolute Gasteiger partial charge is 0.331 e. The van der Waals surface area contributed by atoms with E-state index >= 15 is 0 Å². The summed E-state index contributed by atoms with van der Waals surface area (Å²) in [5, 5.41) is 17.5. The number of rotatable bonds is 7. The Morgan fingerprint density at radius 2 is 1.87 bits per heavy atom. The normalized spacial score (nSPS) is 10.8. The molecule has 0 radical (unpaired) electrons. The molecule has 31 heavy (non-hydrogen) atoms. The molecular weight excluding hydrogens is 407 g/mol. The first kappa shape index (κ1) is 21.4. The Hall–Kier alpha value is -4.34. The standard InChI is InChI=1S/C21H17FN4O5/c1-14-12-19(25(24-14)17-9-5-16(22)6-10-17)23-20(27)13-31-21(28)11-4-15-2-7-18(8-3-15)26(29)30/h2-12H,13H2,1H3,(H,23,27)/b11-4+. The van der Waals surface area contributed by atoms with E-state index in [2.05, 4.69) is 10.4 Å². The maximum absolute atomic E-state index is 13.1. The van der Waals surface area contributed by atoms with Crippen LogP contribution in [0.1, 0.15) is 11.3 Å². The van der Waals surface area contributed by atoms with Gasteiger partial charge in [-0.3, -0.25) is 14.9 Å². The van der Waals surface area contributed by atoms with Crippen LogP contribution in [0.15, 0.2) is 60.7 Å². The van der Waals surface area contributed by atoms with Crippen LogP contribution in [-0.4, -0.2) is 33.2 Å². The summed E-state index contributed by atoms with van der Waals surface area (Å²) in [5.41, 5.74) is 1.67. The van der Waals surface area contributed by atoms with Crippen LogP contribution in [0.3, 0.4) is 0 Å². The maximum atomic E-state index is 13.1. The number of esters is 1. The zero-order valence-corrected chi connectivity index (χ0v) is 16.3. The van der Waals surface area contributed by atoms with Gasteiger partial charge in [-0.2, -0.15) is 5.10 Å². The molecule has 1 amide bonds. The summed E-state index contributed by atoms with van der Waals surface area (Å²) < 4.78 is 19.5. The van der Waals surface area contributed by atoms with E-state index in [4.69, 9.17) is 4.74 Å². The second-order valence-electron chi connectivity index (χ2n) is 6.40. The van der Waals surface area contributed by atoms with Crippen LogP contribution in [0.4, 0.5) is 15.9 Å². The molecule has 0 saturated carbocycles. The van der Waals surface area contributed by atoms with Crippen LogP contribution in [0.5, 0.6) is 0 Å². The summed E-state index contributed by atoms with van der Waals surface area (Å²) in [6.07, 6.45) is 2.53. The van der Waals surface area contributed by atoms with Crippen molar-refractivity contribution in [2.75, 3.05) is 11.9 Å². The van der Waals surface area contributed by atoms with Gasteiger partial charge < -0.3 is 10.1 Å². The van der Waals surface area contributed by atoms with Gasteiger partial charge in [0.1, 0.15) is 11.6 Å². The number of carbonyl (C=O) groups is 2. The van der Waals surface area contributed by atoms with Crippen LogP contribution >= 0.6 is 0 Å². The number of aryl methyl sites for hydroxylation is 1. The van der Waals surface area contributed by atoms with Gasteiger partial charge in [0.2, 0.25) is 0 Å². The lowest BCUT2D eigenvalue weighted by Crippen LogP contribution is -2.21. The fourth-order valence-electron chi connectivity index (χ4n) is 2.60. The Kier molecular flexibility index (Phi) is 6.51. The number of anilines is 1. The van der Waals surface area contributed by atoms with Crippen molar-refractivity contribution in [2.45, 2.75) is 6.92 Å². The van der Waals surface area contributed by atoms with E-state index in [-0.39, 0.29) is 5.69 Å². The molecule has 0 spiro atoms. The average Bonchev–Trinajstić information content (AvgIpc) is 3.11. The highest BCUT2D eigenvalue weighted by atomic mass is 19.1. The molecule has 0 aliphatic carbocycles. The molecular formula is C21H17FN4O5. The number of nitro benzene ring substituents is 1. The van der Waals surface area contributed by atoms with Gasteiger partial charge in [0, 0.05) is 24.3 Å². The molecule has 0 atom stereocenters. The Bertz CT molecular complexity index is 1140. The fourth-order valence-corrected chi connectivity index (χ4v) is 2.60. The molecule has 1 heterocycles. The van der Waals surface area contributed by atoms with Gasteiger partial charge in [0.25, 0.3) is 11.6 Å². The van der Waals surface area contributed by atoms with Crippen molar-refractivity contribution in [3.63, 3.8) is 0 Å². The summed E-state index contributed by atoms with van der Waals surface area (Å²) in [6, 6.07) is 12.8. The Balaban J connectivity index is 1.56. The van der Waals surface area contributed by atoms with Crippen molar-refractivity contribution < 1.29 is 23.6 Å². The van der Waals surface area contributed by atoms with Gasteiger partial charge >= 0.3 is 5.97 Å². The van der Waals surface area contributed by atoms with E-state index < -0.39 is 29.2 Å². The summed E-state index contributed by atoms with van der Waals surface area (Å²) in [6.45, 7) is 1.20. The number of aromatic nitrogens is 2. The fraction of sp³-hybridized carbons (Fsp3) is 0.0952. The van der Waals surface area contributed by atoms with Gasteiger partial charge in [0.05, 0.1) is 16.3 Å². The second-order valence-corrected chi connectivity index (χ2v) is 6.40. The van der Waals surface area contributed by atoms with Crippen LogP contribution in [0, 0.1) is 22.9 Å². The number of amides is 1. The first-order valence-electron chi connectivity index (χ1n) is 9.03. The molecule has 0 saturated heterocycles. The lowest BCUT2D eigenvalue weighted by Gasteiger charge is -2.09. The lowest BCUT2D eigenvalue weighted by atomic mass is 10.2. The highest BCUT2D eigenvalue weighted by Gasteiger charge is 2.12. The highest BCUT2D eigenvalue weighted by Crippen LogP contribution is 2.17. The van der Waals surface area contributed by atoms with Crippen LogP contribution in [-0.2, 0) is 14.3 Å². The monoisotopic (exact) mass is 424 g/mol. The third-order valence-electron chi connectivity index (χ3n) is 4.03. The molecule has 10 heteroatoms. The molecule has 0 fully saturated rings. The number of halogens is 1. The number of nitro groups is 1. The lowest BCUT2D eigenvalue weighted by molar-refractivity contribution is -0.384. The van der Waals surface area contributed by atoms with Crippen molar-refractivity contribution in [1.82, 2.24) is 9.78 Å². The van der Waals surface area contributed by atoms with E-state index in [1.807, 2.05) is 0 Å². The molecule has 3 aromatic rings. The zero-order valence-electron chi connectivity index (χ0n) is 16.3. The molecule has 0 bridgehead atoms. The number of benzene rings is 2. The van der Waals surface area contributed by atoms with Crippen molar-refractivity contribution >= 4 is 29.5 Å². The Morgan fingerprint density at radius 1 is 1.19 bits per heavy atom. The van der Waals surface area contributed by atoms with E-state index in [0.717, 1.165) is 6.08 Å². The van der Waals surface area contributed by atoms with Crippen molar-refractivity contribution in [1.29, 1.82) is 0 Å². The predicted octanol–water partition coefficient (Wildman–Crippen LogP) is 3.42. The maximum Gasteiger partial charge on any atom is 0.331 e. The first-order valence-corrected chi connectivity index (χ1v) is 9.03. The summed E-state index contributed by atoms with van der Waals surface area (Å²) in [7, 11) is 0. The summed E-state index contributed by atoms with van der Waals surface area (Å²) in [5.74, 6) is -1.39.